The predicted octanol–water partition coefficient (Wildman–Crippen LogP) is 3.52. The molecule has 0 amide bonds. The molecule has 1 unspecified atom stereocenters. The lowest BCUT2D eigenvalue weighted by Crippen LogP contribution is -2.47. The first-order valence-corrected chi connectivity index (χ1v) is 8.47. The van der Waals surface area contributed by atoms with Crippen molar-refractivity contribution in [3.8, 4) is 0 Å². The Morgan fingerprint density at radius 3 is 2.37 bits per heavy atom. The molecule has 2 heteroatoms. The van der Waals surface area contributed by atoms with Crippen molar-refractivity contribution < 1.29 is 0 Å². The van der Waals surface area contributed by atoms with Crippen molar-refractivity contribution in [2.24, 2.45) is 17.3 Å². The first-order chi connectivity index (χ1) is 9.06. The Labute approximate surface area is 120 Å². The van der Waals surface area contributed by atoms with Crippen LogP contribution in [0.5, 0.6) is 0 Å². The minimum Gasteiger partial charge on any atom is -0.316 e. The third-order valence-corrected chi connectivity index (χ3v) is 5.67. The van der Waals surface area contributed by atoms with Gasteiger partial charge in [0.25, 0.3) is 0 Å². The van der Waals surface area contributed by atoms with E-state index in [0.29, 0.717) is 5.41 Å². The minimum absolute atomic E-state index is 0.542. The van der Waals surface area contributed by atoms with Crippen LogP contribution in [0.4, 0.5) is 0 Å². The van der Waals surface area contributed by atoms with Gasteiger partial charge in [-0.05, 0) is 63.5 Å². The first-order valence-electron chi connectivity index (χ1n) is 8.47. The monoisotopic (exact) mass is 266 g/mol. The Bertz CT molecular complexity index is 259. The number of nitrogens with one attached hydrogen (secondary N) is 1. The van der Waals surface area contributed by atoms with Gasteiger partial charge in [-0.3, -0.25) is 0 Å². The van der Waals surface area contributed by atoms with Crippen molar-refractivity contribution in [2.75, 3.05) is 26.7 Å². The molecule has 0 aliphatic heterocycles. The Kier molecular flexibility index (Phi) is 5.30. The van der Waals surface area contributed by atoms with Gasteiger partial charge in [0, 0.05) is 19.1 Å². The second-order valence-corrected chi connectivity index (χ2v) is 7.46. The largest absolute Gasteiger partial charge is 0.316 e. The van der Waals surface area contributed by atoms with Gasteiger partial charge in [-0.1, -0.05) is 26.7 Å². The van der Waals surface area contributed by atoms with E-state index in [9.17, 15) is 0 Å². The third kappa shape index (κ3) is 4.19. The molecular formula is C17H34N2. The van der Waals surface area contributed by atoms with Gasteiger partial charge in [-0.2, -0.15) is 0 Å². The van der Waals surface area contributed by atoms with Crippen LogP contribution in [0.15, 0.2) is 0 Å². The van der Waals surface area contributed by atoms with Crippen LogP contribution in [0.2, 0.25) is 0 Å². The van der Waals surface area contributed by atoms with E-state index < -0.39 is 0 Å². The Balaban J connectivity index is 1.92. The zero-order valence-corrected chi connectivity index (χ0v) is 13.5. The van der Waals surface area contributed by atoms with Crippen LogP contribution in [0, 0.1) is 17.3 Å². The van der Waals surface area contributed by atoms with E-state index in [1.807, 2.05) is 0 Å². The van der Waals surface area contributed by atoms with Gasteiger partial charge in [-0.25, -0.2) is 0 Å². The summed E-state index contributed by atoms with van der Waals surface area (Å²) in [7, 11) is 2.36. The van der Waals surface area contributed by atoms with Crippen molar-refractivity contribution in [3.05, 3.63) is 0 Å². The summed E-state index contributed by atoms with van der Waals surface area (Å²) in [4.78, 5) is 2.66. The van der Waals surface area contributed by atoms with Gasteiger partial charge in [0.2, 0.25) is 0 Å². The van der Waals surface area contributed by atoms with Gasteiger partial charge in [0.15, 0.2) is 0 Å². The van der Waals surface area contributed by atoms with Crippen molar-refractivity contribution in [1.29, 1.82) is 0 Å². The summed E-state index contributed by atoms with van der Waals surface area (Å²) < 4.78 is 0. The molecule has 2 saturated carbocycles. The standard InChI is InChI=1S/C17H34N2/c1-5-18-12-17(10-8-14(2)9-11-17)13-19(4)15(3)16-6-7-16/h14-16,18H,5-13H2,1-4H3. The molecule has 0 bridgehead atoms. The topological polar surface area (TPSA) is 15.3 Å². The minimum atomic E-state index is 0.542. The predicted molar refractivity (Wildman–Crippen MR) is 83.4 cm³/mol. The molecular weight excluding hydrogens is 232 g/mol. The molecule has 0 aromatic heterocycles. The molecule has 1 atom stereocenters. The number of hydrogen-bond donors (Lipinski definition) is 1. The highest BCUT2D eigenvalue weighted by atomic mass is 15.1. The molecule has 2 nitrogen and oxygen atoms in total. The highest BCUT2D eigenvalue weighted by Crippen LogP contribution is 2.41. The molecule has 0 spiro atoms. The summed E-state index contributed by atoms with van der Waals surface area (Å²) in [5.41, 5.74) is 0.542. The maximum Gasteiger partial charge on any atom is 0.00923 e. The molecule has 0 heterocycles. The summed E-state index contributed by atoms with van der Waals surface area (Å²) in [6.07, 6.45) is 8.62. The Morgan fingerprint density at radius 1 is 1.21 bits per heavy atom. The second-order valence-electron chi connectivity index (χ2n) is 7.46. The summed E-state index contributed by atoms with van der Waals surface area (Å²) in [6, 6.07) is 0.790. The highest BCUT2D eigenvalue weighted by molar-refractivity contribution is 4.92. The summed E-state index contributed by atoms with van der Waals surface area (Å²) >= 11 is 0. The average Bonchev–Trinajstić information content (AvgIpc) is 3.23. The molecule has 0 saturated heterocycles. The third-order valence-electron chi connectivity index (χ3n) is 5.67. The molecule has 0 aromatic carbocycles. The lowest BCUT2D eigenvalue weighted by molar-refractivity contribution is 0.0776. The van der Waals surface area contributed by atoms with E-state index in [1.165, 1.54) is 51.6 Å². The van der Waals surface area contributed by atoms with Gasteiger partial charge < -0.3 is 10.2 Å². The van der Waals surface area contributed by atoms with Crippen LogP contribution >= 0.6 is 0 Å². The van der Waals surface area contributed by atoms with E-state index >= 15 is 0 Å². The molecule has 19 heavy (non-hydrogen) atoms. The van der Waals surface area contributed by atoms with E-state index in [1.54, 1.807) is 0 Å². The summed E-state index contributed by atoms with van der Waals surface area (Å²) in [5, 5.41) is 3.64. The molecule has 0 aromatic rings. The van der Waals surface area contributed by atoms with E-state index in [-0.39, 0.29) is 0 Å². The van der Waals surface area contributed by atoms with Crippen LogP contribution in [-0.2, 0) is 0 Å². The maximum absolute atomic E-state index is 3.64. The Hall–Kier alpha value is -0.0800. The molecule has 112 valence electrons. The fraction of sp³-hybridized carbons (Fsp3) is 1.00. The van der Waals surface area contributed by atoms with Crippen LogP contribution in [0.1, 0.15) is 59.3 Å². The quantitative estimate of drug-likeness (QED) is 0.758. The fourth-order valence-corrected chi connectivity index (χ4v) is 3.77. The van der Waals surface area contributed by atoms with Crippen LogP contribution in [0.25, 0.3) is 0 Å². The zero-order chi connectivity index (χ0) is 13.9. The SMILES string of the molecule is CCNCC1(CN(C)C(C)C2CC2)CCC(C)CC1. The lowest BCUT2D eigenvalue weighted by Gasteiger charge is -2.43. The first kappa shape index (κ1) is 15.3. The number of rotatable bonds is 7. The van der Waals surface area contributed by atoms with Crippen molar-refractivity contribution in [2.45, 2.75) is 65.3 Å². The lowest BCUT2D eigenvalue weighted by atomic mass is 9.70. The van der Waals surface area contributed by atoms with Crippen molar-refractivity contribution in [1.82, 2.24) is 10.2 Å². The average molecular weight is 266 g/mol. The maximum atomic E-state index is 3.64. The van der Waals surface area contributed by atoms with Crippen LogP contribution < -0.4 is 5.32 Å². The highest BCUT2D eigenvalue weighted by Gasteiger charge is 2.38. The van der Waals surface area contributed by atoms with Crippen molar-refractivity contribution >= 4 is 0 Å². The number of hydrogen-bond acceptors (Lipinski definition) is 2. The fourth-order valence-electron chi connectivity index (χ4n) is 3.77. The zero-order valence-electron chi connectivity index (χ0n) is 13.5. The molecule has 2 aliphatic carbocycles. The van der Waals surface area contributed by atoms with Crippen LogP contribution in [-0.4, -0.2) is 37.6 Å². The van der Waals surface area contributed by atoms with Crippen molar-refractivity contribution in [3.63, 3.8) is 0 Å². The molecule has 2 aliphatic rings. The van der Waals surface area contributed by atoms with E-state index in [0.717, 1.165) is 24.4 Å². The van der Waals surface area contributed by atoms with E-state index in [2.05, 4.69) is 38.0 Å². The molecule has 2 rings (SSSR count). The smallest absolute Gasteiger partial charge is 0.00923 e. The molecule has 0 radical (unpaired) electrons. The molecule has 1 N–H and O–H groups in total. The van der Waals surface area contributed by atoms with Crippen LogP contribution in [0.3, 0.4) is 0 Å². The normalized spacial score (nSPS) is 33.6. The van der Waals surface area contributed by atoms with Gasteiger partial charge >= 0.3 is 0 Å². The number of nitrogens with zero attached hydrogens (tertiary/aromatic N) is 1. The van der Waals surface area contributed by atoms with Gasteiger partial charge in [-0.15, -0.1) is 0 Å². The summed E-state index contributed by atoms with van der Waals surface area (Å²) in [5.74, 6) is 1.93. The van der Waals surface area contributed by atoms with Gasteiger partial charge in [0.1, 0.15) is 0 Å². The second kappa shape index (κ2) is 6.58. The van der Waals surface area contributed by atoms with Gasteiger partial charge in [0.05, 0.1) is 0 Å². The molecule has 2 fully saturated rings. The van der Waals surface area contributed by atoms with E-state index in [4.69, 9.17) is 0 Å². The Morgan fingerprint density at radius 2 is 1.84 bits per heavy atom. The summed E-state index contributed by atoms with van der Waals surface area (Å²) in [6.45, 7) is 10.7.